The highest BCUT2D eigenvalue weighted by molar-refractivity contribution is 6.07. The maximum atomic E-state index is 13.5. The van der Waals surface area contributed by atoms with E-state index in [2.05, 4.69) is 26.3 Å². The highest BCUT2D eigenvalue weighted by Crippen LogP contribution is 2.27. The molecule has 0 spiro atoms. The molecule has 0 saturated carbocycles. The molecule has 1 fully saturated rings. The zero-order valence-electron chi connectivity index (χ0n) is 35.3. The lowest BCUT2D eigenvalue weighted by Gasteiger charge is -2.44. The Morgan fingerprint density at radius 2 is 1.60 bits per heavy atom. The normalized spacial score (nSPS) is 20.0. The largest absolute Gasteiger partial charge is 0.464 e. The average Bonchev–Trinajstić information content (AvgIpc) is 3.26. The molecular formula is C44H54N6O13. The van der Waals surface area contributed by atoms with Crippen LogP contribution < -0.4 is 32.4 Å². The first-order chi connectivity index (χ1) is 30.1. The lowest BCUT2D eigenvalue weighted by atomic mass is 9.96. The molecule has 2 heterocycles. The molecule has 1 aliphatic heterocycles. The lowest BCUT2D eigenvalue weighted by Crippen LogP contribution is -2.66. The van der Waals surface area contributed by atoms with E-state index in [9.17, 15) is 43.8 Å². The summed E-state index contributed by atoms with van der Waals surface area (Å²) < 4.78 is 23.0. The third kappa shape index (κ3) is 12.4. The second-order valence-corrected chi connectivity index (χ2v) is 15.4. The van der Waals surface area contributed by atoms with Crippen LogP contribution in [-0.4, -0.2) is 119 Å². The van der Waals surface area contributed by atoms with E-state index in [0.717, 1.165) is 5.56 Å². The number of carbonyl (C=O) groups excluding carboxylic acids is 6. The SMILES string of the molecule is CC(=O)NC1C(OCc2ccccc2)OC(CO)C(O)C1OC(C)C(=O)NC(C(=O)NC(CCC(=O)OCCNC(=O)c1cccc2c(=O)c3ccccc3[nH]c12)C(N)=O)C(C)C. The van der Waals surface area contributed by atoms with Crippen molar-refractivity contribution in [2.75, 3.05) is 19.8 Å². The number of nitrogens with one attached hydrogen (secondary N) is 5. The van der Waals surface area contributed by atoms with Crippen molar-refractivity contribution < 1.29 is 57.9 Å². The maximum Gasteiger partial charge on any atom is 0.305 e. The summed E-state index contributed by atoms with van der Waals surface area (Å²) in [6.45, 7) is 5.01. The fraction of sp³-hybridized carbons (Fsp3) is 0.432. The quantitative estimate of drug-likeness (QED) is 0.0340. The van der Waals surface area contributed by atoms with Gasteiger partial charge in [-0.2, -0.15) is 0 Å². The van der Waals surface area contributed by atoms with E-state index in [4.69, 9.17) is 24.7 Å². The number of aromatic nitrogens is 1. The van der Waals surface area contributed by atoms with Gasteiger partial charge in [-0.05, 0) is 49.1 Å². The molecule has 1 aromatic heterocycles. The molecule has 1 saturated heterocycles. The molecule has 0 aliphatic carbocycles. The minimum Gasteiger partial charge on any atom is -0.464 e. The summed E-state index contributed by atoms with van der Waals surface area (Å²) in [5, 5.41) is 32.3. The number of aliphatic hydroxyl groups is 2. The van der Waals surface area contributed by atoms with Crippen LogP contribution in [0, 0.1) is 5.92 Å². The van der Waals surface area contributed by atoms with Crippen molar-refractivity contribution >= 4 is 57.3 Å². The summed E-state index contributed by atoms with van der Waals surface area (Å²) in [5.41, 5.74) is 7.28. The van der Waals surface area contributed by atoms with Gasteiger partial charge in [0.05, 0.1) is 30.8 Å². The number of pyridine rings is 1. The number of ether oxygens (including phenoxy) is 4. The summed E-state index contributed by atoms with van der Waals surface area (Å²) >= 11 is 0. The Morgan fingerprint density at radius 1 is 0.905 bits per heavy atom. The molecule has 0 radical (unpaired) electrons. The van der Waals surface area contributed by atoms with Crippen LogP contribution in [0.5, 0.6) is 0 Å². The van der Waals surface area contributed by atoms with Crippen LogP contribution in [0.15, 0.2) is 77.6 Å². The zero-order valence-corrected chi connectivity index (χ0v) is 35.3. The van der Waals surface area contributed by atoms with Crippen LogP contribution in [0.2, 0.25) is 0 Å². The van der Waals surface area contributed by atoms with Crippen LogP contribution in [0.25, 0.3) is 21.8 Å². The molecule has 19 nitrogen and oxygen atoms in total. The summed E-state index contributed by atoms with van der Waals surface area (Å²) in [4.78, 5) is 93.5. The lowest BCUT2D eigenvalue weighted by molar-refractivity contribution is -0.283. The Labute approximate surface area is 362 Å². The van der Waals surface area contributed by atoms with Crippen molar-refractivity contribution in [2.24, 2.45) is 11.7 Å². The van der Waals surface area contributed by atoms with Gasteiger partial charge in [0, 0.05) is 29.6 Å². The van der Waals surface area contributed by atoms with E-state index < -0.39 is 96.9 Å². The molecule has 4 aromatic rings. The van der Waals surface area contributed by atoms with E-state index in [0.29, 0.717) is 21.8 Å². The summed E-state index contributed by atoms with van der Waals surface area (Å²) in [6.07, 6.45) is -7.17. The number of hydrogen-bond acceptors (Lipinski definition) is 13. The molecule has 338 valence electrons. The van der Waals surface area contributed by atoms with Gasteiger partial charge >= 0.3 is 5.97 Å². The number of aromatic amines is 1. The predicted octanol–water partition coefficient (Wildman–Crippen LogP) is 0.419. The van der Waals surface area contributed by atoms with Crippen molar-refractivity contribution in [3.05, 3.63) is 94.1 Å². The molecule has 9 N–H and O–H groups in total. The topological polar surface area (TPSA) is 287 Å². The summed E-state index contributed by atoms with van der Waals surface area (Å²) in [5.74, 6) is -4.81. The van der Waals surface area contributed by atoms with Gasteiger partial charge in [0.1, 0.15) is 49.1 Å². The first-order valence-electron chi connectivity index (χ1n) is 20.5. The monoisotopic (exact) mass is 874 g/mol. The molecule has 5 amide bonds. The van der Waals surface area contributed by atoms with E-state index >= 15 is 0 Å². The van der Waals surface area contributed by atoms with E-state index in [1.54, 1.807) is 56.3 Å². The fourth-order valence-electron chi connectivity index (χ4n) is 7.06. The van der Waals surface area contributed by atoms with Gasteiger partial charge < -0.3 is 61.1 Å². The van der Waals surface area contributed by atoms with Gasteiger partial charge in [-0.15, -0.1) is 0 Å². The molecule has 19 heteroatoms. The van der Waals surface area contributed by atoms with Crippen LogP contribution >= 0.6 is 0 Å². The van der Waals surface area contributed by atoms with Crippen molar-refractivity contribution in [1.29, 1.82) is 0 Å². The Kier molecular flexibility index (Phi) is 16.8. The molecule has 0 bridgehead atoms. The van der Waals surface area contributed by atoms with Crippen LogP contribution in [0.1, 0.15) is 56.5 Å². The number of nitrogens with two attached hydrogens (primary N) is 1. The number of amides is 5. The number of aliphatic hydroxyl groups excluding tert-OH is 2. The number of esters is 1. The number of fused-ring (bicyclic) bond motifs is 2. The highest BCUT2D eigenvalue weighted by atomic mass is 16.7. The van der Waals surface area contributed by atoms with E-state index in [1.165, 1.54) is 13.8 Å². The smallest absolute Gasteiger partial charge is 0.305 e. The Morgan fingerprint density at radius 3 is 2.29 bits per heavy atom. The fourth-order valence-corrected chi connectivity index (χ4v) is 7.06. The molecule has 63 heavy (non-hydrogen) atoms. The first kappa shape index (κ1) is 47.8. The maximum absolute atomic E-state index is 13.5. The number of carbonyl (C=O) groups is 6. The van der Waals surface area contributed by atoms with Gasteiger partial charge in [0.25, 0.3) is 5.91 Å². The van der Waals surface area contributed by atoms with Crippen LogP contribution in [0.4, 0.5) is 0 Å². The zero-order chi connectivity index (χ0) is 45.8. The Hall–Kier alpha value is -6.25. The van der Waals surface area contributed by atoms with Crippen molar-refractivity contribution in [3.8, 4) is 0 Å². The second kappa shape index (κ2) is 22.2. The molecule has 8 unspecified atom stereocenters. The van der Waals surface area contributed by atoms with Crippen LogP contribution in [-0.2, 0) is 49.5 Å². The third-order valence-electron chi connectivity index (χ3n) is 10.4. The predicted molar refractivity (Wildman–Crippen MR) is 227 cm³/mol. The molecular weight excluding hydrogens is 821 g/mol. The van der Waals surface area contributed by atoms with Crippen LogP contribution in [0.3, 0.4) is 0 Å². The van der Waals surface area contributed by atoms with Gasteiger partial charge in [-0.25, -0.2) is 0 Å². The first-order valence-corrected chi connectivity index (χ1v) is 20.5. The summed E-state index contributed by atoms with van der Waals surface area (Å²) in [7, 11) is 0. The number of para-hydroxylation sites is 2. The molecule has 5 rings (SSSR count). The van der Waals surface area contributed by atoms with Crippen molar-refractivity contribution in [1.82, 2.24) is 26.3 Å². The van der Waals surface area contributed by atoms with Gasteiger partial charge in [-0.1, -0.05) is 62.4 Å². The average molecular weight is 875 g/mol. The van der Waals surface area contributed by atoms with Gasteiger partial charge in [0.2, 0.25) is 23.6 Å². The second-order valence-electron chi connectivity index (χ2n) is 15.4. The van der Waals surface area contributed by atoms with E-state index in [-0.39, 0.29) is 43.6 Å². The van der Waals surface area contributed by atoms with Gasteiger partial charge in [-0.3, -0.25) is 33.6 Å². The highest BCUT2D eigenvalue weighted by Gasteiger charge is 2.48. The Balaban J connectivity index is 1.13. The molecule has 1 aliphatic rings. The number of primary amides is 1. The Bertz CT molecular complexity index is 2320. The number of rotatable bonds is 20. The third-order valence-corrected chi connectivity index (χ3v) is 10.4. The molecule has 8 atom stereocenters. The number of benzene rings is 3. The van der Waals surface area contributed by atoms with Crippen molar-refractivity contribution in [2.45, 2.75) is 96.0 Å². The number of H-pyrrole nitrogens is 1. The standard InChI is InChI=1S/C44H54N6O13/c1-23(2)34(50-41(57)24(3)62-39-36(47-25(4)52)44(63-32(21-51)38(39)55)61-22-26-11-6-5-7-12-26)43(59)49-31(40(45)56)17-18-33(53)60-20-19-46-42(58)29-15-10-14-28-35(29)48-30-16-9-8-13-27(30)37(28)54/h5-16,23-24,31-32,34,36,38-39,44,51,55H,17-22H2,1-4H3,(H2,45,56)(H,46,58)(H,47,52)(H,48,54)(H,49,59)(H,50,57). The van der Waals surface area contributed by atoms with E-state index in [1.807, 2.05) is 30.3 Å². The minimum absolute atomic E-state index is 0.0494. The minimum atomic E-state index is -1.52. The van der Waals surface area contributed by atoms with Crippen molar-refractivity contribution in [3.63, 3.8) is 0 Å². The van der Waals surface area contributed by atoms with Gasteiger partial charge in [0.15, 0.2) is 11.7 Å². The summed E-state index contributed by atoms with van der Waals surface area (Å²) in [6, 6.07) is 17.1. The molecule has 3 aromatic carbocycles. The number of hydrogen-bond donors (Lipinski definition) is 8.